The van der Waals surface area contributed by atoms with Crippen molar-refractivity contribution in [2.24, 2.45) is 11.8 Å². The summed E-state index contributed by atoms with van der Waals surface area (Å²) in [6.07, 6.45) is 0.964. The largest absolute Gasteiger partial charge is 0.481 e. The van der Waals surface area contributed by atoms with Crippen LogP contribution in [0.25, 0.3) is 0 Å². The van der Waals surface area contributed by atoms with Crippen LogP contribution >= 0.6 is 0 Å². The summed E-state index contributed by atoms with van der Waals surface area (Å²) in [4.78, 5) is 21.8. The summed E-state index contributed by atoms with van der Waals surface area (Å²) < 4.78 is 5.17. The molecule has 0 aliphatic carbocycles. The van der Waals surface area contributed by atoms with Crippen molar-refractivity contribution in [3.63, 3.8) is 0 Å². The number of ether oxygens (including phenoxy) is 1. The SMILES string of the molecule is CC(CNC(=O)NCC1CCOC1)C(=O)O. The summed E-state index contributed by atoms with van der Waals surface area (Å²) in [5.74, 6) is -1.10. The Morgan fingerprint density at radius 2 is 2.25 bits per heavy atom. The van der Waals surface area contributed by atoms with Crippen molar-refractivity contribution in [3.8, 4) is 0 Å². The number of carboxylic acids is 1. The Hall–Kier alpha value is -1.30. The highest BCUT2D eigenvalue weighted by Crippen LogP contribution is 2.10. The molecule has 92 valence electrons. The van der Waals surface area contributed by atoms with Crippen molar-refractivity contribution >= 4 is 12.0 Å². The number of aliphatic carboxylic acids is 1. The van der Waals surface area contributed by atoms with Crippen molar-refractivity contribution in [3.05, 3.63) is 0 Å². The van der Waals surface area contributed by atoms with Crippen LogP contribution in [0.3, 0.4) is 0 Å². The van der Waals surface area contributed by atoms with Gasteiger partial charge in [-0.15, -0.1) is 0 Å². The highest BCUT2D eigenvalue weighted by atomic mass is 16.5. The first-order chi connectivity index (χ1) is 7.59. The van der Waals surface area contributed by atoms with Gasteiger partial charge in [0.15, 0.2) is 0 Å². The lowest BCUT2D eigenvalue weighted by Crippen LogP contribution is -2.41. The van der Waals surface area contributed by atoms with Gasteiger partial charge in [-0.2, -0.15) is 0 Å². The zero-order valence-corrected chi connectivity index (χ0v) is 9.36. The molecule has 16 heavy (non-hydrogen) atoms. The quantitative estimate of drug-likeness (QED) is 0.622. The number of nitrogens with one attached hydrogen (secondary N) is 2. The normalized spacial score (nSPS) is 21.4. The second-order valence-electron chi connectivity index (χ2n) is 4.06. The van der Waals surface area contributed by atoms with Gasteiger partial charge in [0.25, 0.3) is 0 Å². The van der Waals surface area contributed by atoms with Crippen molar-refractivity contribution < 1.29 is 19.4 Å². The zero-order valence-electron chi connectivity index (χ0n) is 9.36. The molecule has 2 unspecified atom stereocenters. The van der Waals surface area contributed by atoms with Gasteiger partial charge in [-0.1, -0.05) is 6.92 Å². The van der Waals surface area contributed by atoms with Crippen LogP contribution in [0, 0.1) is 11.8 Å². The Balaban J connectivity index is 2.08. The van der Waals surface area contributed by atoms with E-state index < -0.39 is 11.9 Å². The predicted octanol–water partition coefficient (Wildman–Crippen LogP) is 0.0428. The van der Waals surface area contributed by atoms with Crippen molar-refractivity contribution in [2.75, 3.05) is 26.3 Å². The van der Waals surface area contributed by atoms with Crippen LogP contribution < -0.4 is 10.6 Å². The van der Waals surface area contributed by atoms with Crippen LogP contribution in [0.15, 0.2) is 0 Å². The zero-order chi connectivity index (χ0) is 12.0. The van der Waals surface area contributed by atoms with E-state index in [0.29, 0.717) is 19.1 Å². The van der Waals surface area contributed by atoms with Crippen LogP contribution in [0.4, 0.5) is 4.79 Å². The van der Waals surface area contributed by atoms with Crippen molar-refractivity contribution in [1.82, 2.24) is 10.6 Å². The fourth-order valence-electron chi connectivity index (χ4n) is 1.38. The lowest BCUT2D eigenvalue weighted by Gasteiger charge is -2.12. The van der Waals surface area contributed by atoms with Gasteiger partial charge >= 0.3 is 12.0 Å². The highest BCUT2D eigenvalue weighted by Gasteiger charge is 2.17. The number of hydrogen-bond acceptors (Lipinski definition) is 3. The van der Waals surface area contributed by atoms with E-state index in [2.05, 4.69) is 10.6 Å². The summed E-state index contributed by atoms with van der Waals surface area (Å²) in [7, 11) is 0. The summed E-state index contributed by atoms with van der Waals surface area (Å²) in [6.45, 7) is 3.71. The van der Waals surface area contributed by atoms with Gasteiger partial charge < -0.3 is 20.5 Å². The molecule has 2 amide bonds. The van der Waals surface area contributed by atoms with Crippen LogP contribution in [0.1, 0.15) is 13.3 Å². The number of rotatable bonds is 5. The average Bonchev–Trinajstić information content (AvgIpc) is 2.75. The molecule has 0 aromatic rings. The third-order valence-electron chi connectivity index (χ3n) is 2.57. The Morgan fingerprint density at radius 3 is 2.81 bits per heavy atom. The summed E-state index contributed by atoms with van der Waals surface area (Å²) in [6, 6.07) is -0.319. The first-order valence-electron chi connectivity index (χ1n) is 5.42. The Bertz CT molecular complexity index is 251. The van der Waals surface area contributed by atoms with Crippen molar-refractivity contribution in [2.45, 2.75) is 13.3 Å². The average molecular weight is 230 g/mol. The van der Waals surface area contributed by atoms with Crippen LogP contribution in [0.2, 0.25) is 0 Å². The molecule has 1 saturated heterocycles. The molecule has 1 rings (SSSR count). The van der Waals surface area contributed by atoms with E-state index in [1.54, 1.807) is 6.92 Å². The number of carboxylic acid groups (broad SMARTS) is 1. The van der Waals surface area contributed by atoms with Gasteiger partial charge in [-0.05, 0) is 6.42 Å². The fourth-order valence-corrected chi connectivity index (χ4v) is 1.38. The molecule has 2 atom stereocenters. The van der Waals surface area contributed by atoms with Crippen molar-refractivity contribution in [1.29, 1.82) is 0 Å². The molecular weight excluding hydrogens is 212 g/mol. The molecule has 0 aromatic carbocycles. The van der Waals surface area contributed by atoms with Crippen LogP contribution in [-0.2, 0) is 9.53 Å². The van der Waals surface area contributed by atoms with Gasteiger partial charge in [-0.3, -0.25) is 4.79 Å². The summed E-state index contributed by atoms with van der Waals surface area (Å²) in [5, 5.41) is 13.8. The molecule has 6 nitrogen and oxygen atoms in total. The second kappa shape index (κ2) is 6.32. The number of carbonyl (C=O) groups is 2. The fraction of sp³-hybridized carbons (Fsp3) is 0.800. The standard InChI is InChI=1S/C10H18N2O4/c1-7(9(13)14)4-11-10(15)12-5-8-2-3-16-6-8/h7-8H,2-6H2,1H3,(H,13,14)(H2,11,12,15). The van der Waals surface area contributed by atoms with Gasteiger partial charge in [0.05, 0.1) is 12.5 Å². The Morgan fingerprint density at radius 1 is 1.50 bits per heavy atom. The summed E-state index contributed by atoms with van der Waals surface area (Å²) in [5.41, 5.74) is 0. The molecule has 0 saturated carbocycles. The maximum Gasteiger partial charge on any atom is 0.314 e. The number of amides is 2. The van der Waals surface area contributed by atoms with E-state index in [9.17, 15) is 9.59 Å². The highest BCUT2D eigenvalue weighted by molar-refractivity contribution is 5.75. The van der Waals surface area contributed by atoms with Gasteiger partial charge in [-0.25, -0.2) is 4.79 Å². The second-order valence-corrected chi connectivity index (χ2v) is 4.06. The number of urea groups is 1. The maximum atomic E-state index is 11.3. The third-order valence-corrected chi connectivity index (χ3v) is 2.57. The molecular formula is C10H18N2O4. The first kappa shape index (κ1) is 12.8. The monoisotopic (exact) mass is 230 g/mol. The van der Waals surface area contributed by atoms with E-state index in [1.807, 2.05) is 0 Å². The minimum atomic E-state index is -0.913. The molecule has 3 N–H and O–H groups in total. The summed E-state index contributed by atoms with van der Waals surface area (Å²) >= 11 is 0. The van der Waals surface area contributed by atoms with Crippen LogP contribution in [-0.4, -0.2) is 43.4 Å². The van der Waals surface area contributed by atoms with E-state index in [1.165, 1.54) is 0 Å². The molecule has 6 heteroatoms. The Kier molecular flexibility index (Phi) is 5.04. The molecule has 1 fully saturated rings. The molecule has 1 heterocycles. The Labute approximate surface area is 94.3 Å². The molecule has 0 radical (unpaired) electrons. The van der Waals surface area contributed by atoms with E-state index in [-0.39, 0.29) is 12.6 Å². The third kappa shape index (κ3) is 4.48. The van der Waals surface area contributed by atoms with Gasteiger partial charge in [0.1, 0.15) is 0 Å². The van der Waals surface area contributed by atoms with Crippen LogP contribution in [0.5, 0.6) is 0 Å². The minimum absolute atomic E-state index is 0.141. The lowest BCUT2D eigenvalue weighted by molar-refractivity contribution is -0.140. The first-order valence-corrected chi connectivity index (χ1v) is 5.42. The molecule has 0 bridgehead atoms. The topological polar surface area (TPSA) is 87.7 Å². The number of carbonyl (C=O) groups excluding carboxylic acids is 1. The molecule has 0 aromatic heterocycles. The van der Waals surface area contributed by atoms with E-state index in [4.69, 9.17) is 9.84 Å². The van der Waals surface area contributed by atoms with Gasteiger partial charge in [0.2, 0.25) is 0 Å². The lowest BCUT2D eigenvalue weighted by atomic mass is 10.1. The minimum Gasteiger partial charge on any atom is -0.481 e. The van der Waals surface area contributed by atoms with E-state index in [0.717, 1.165) is 13.0 Å². The smallest absolute Gasteiger partial charge is 0.314 e. The van der Waals surface area contributed by atoms with E-state index >= 15 is 0 Å². The molecule has 1 aliphatic rings. The number of hydrogen-bond donors (Lipinski definition) is 3. The van der Waals surface area contributed by atoms with Gasteiger partial charge in [0, 0.05) is 25.6 Å². The predicted molar refractivity (Wildman–Crippen MR) is 57.1 cm³/mol. The molecule has 1 aliphatic heterocycles. The maximum absolute atomic E-state index is 11.3. The molecule has 0 spiro atoms.